The van der Waals surface area contributed by atoms with Gasteiger partial charge in [-0.15, -0.1) is 0 Å². The van der Waals surface area contributed by atoms with E-state index in [4.69, 9.17) is 5.41 Å². The van der Waals surface area contributed by atoms with Crippen molar-refractivity contribution in [2.75, 3.05) is 19.6 Å². The van der Waals surface area contributed by atoms with Gasteiger partial charge in [0, 0.05) is 48.5 Å². The summed E-state index contributed by atoms with van der Waals surface area (Å²) in [5.41, 5.74) is 3.43. The van der Waals surface area contributed by atoms with Crippen molar-refractivity contribution in [1.82, 2.24) is 14.8 Å². The van der Waals surface area contributed by atoms with Crippen molar-refractivity contribution >= 4 is 28.6 Å². The first kappa shape index (κ1) is 22.8. The molecule has 6 rings (SSSR count). The van der Waals surface area contributed by atoms with Gasteiger partial charge in [0.25, 0.3) is 0 Å². The van der Waals surface area contributed by atoms with Gasteiger partial charge in [0.2, 0.25) is 11.8 Å². The lowest BCUT2D eigenvalue weighted by atomic mass is 9.97. The van der Waals surface area contributed by atoms with Gasteiger partial charge in [-0.2, -0.15) is 0 Å². The standard InChI is InChI=1S/C29H29FN4O2/c1-17-2-3-19-4-9-23(13-26(19)32-17)22-10-11-24(25(30)12-22)27(31)34(29(36)21-7-8-21)16-18-14-33(15-18)28(35)20-5-6-20/h2-4,9-13,18,20-21,31H,5-8,14-16H2,1H3. The SMILES string of the molecule is Cc1ccc2ccc(-c3ccc(C(=N)N(CC4CN(C(=O)C5CC5)C4)C(=O)C4CC4)c(F)c3)cc2n1. The Labute approximate surface area is 209 Å². The Bertz CT molecular complexity index is 1390. The monoisotopic (exact) mass is 484 g/mol. The van der Waals surface area contributed by atoms with Crippen LogP contribution in [0.1, 0.15) is 36.9 Å². The molecule has 1 N–H and O–H groups in total. The molecule has 3 fully saturated rings. The summed E-state index contributed by atoms with van der Waals surface area (Å²) in [7, 11) is 0. The number of carbonyl (C=O) groups excluding carboxylic acids is 2. The Hall–Kier alpha value is -3.61. The van der Waals surface area contributed by atoms with Crippen molar-refractivity contribution < 1.29 is 14.0 Å². The van der Waals surface area contributed by atoms with Crippen LogP contribution >= 0.6 is 0 Å². The summed E-state index contributed by atoms with van der Waals surface area (Å²) in [6.07, 6.45) is 3.58. The van der Waals surface area contributed by atoms with Crippen molar-refractivity contribution in [1.29, 1.82) is 5.41 Å². The molecule has 2 amide bonds. The number of aromatic nitrogens is 1. The molecule has 1 aliphatic heterocycles. The van der Waals surface area contributed by atoms with E-state index in [1.165, 1.54) is 11.0 Å². The topological polar surface area (TPSA) is 77.4 Å². The molecule has 184 valence electrons. The zero-order valence-corrected chi connectivity index (χ0v) is 20.3. The highest BCUT2D eigenvalue weighted by molar-refractivity contribution is 6.07. The van der Waals surface area contributed by atoms with E-state index in [1.807, 2.05) is 42.2 Å². The van der Waals surface area contributed by atoms with E-state index in [1.54, 1.807) is 12.1 Å². The predicted octanol–water partition coefficient (Wildman–Crippen LogP) is 4.78. The third-order valence-corrected chi connectivity index (χ3v) is 7.49. The Morgan fingerprint density at radius 3 is 2.36 bits per heavy atom. The summed E-state index contributed by atoms with van der Waals surface area (Å²) >= 11 is 0. The Morgan fingerprint density at radius 2 is 1.67 bits per heavy atom. The molecule has 0 radical (unpaired) electrons. The van der Waals surface area contributed by atoms with E-state index in [0.29, 0.717) is 25.2 Å². The van der Waals surface area contributed by atoms with Crippen LogP contribution in [-0.2, 0) is 9.59 Å². The maximum Gasteiger partial charge on any atom is 0.231 e. The van der Waals surface area contributed by atoms with Gasteiger partial charge in [-0.1, -0.05) is 24.3 Å². The lowest BCUT2D eigenvalue weighted by Crippen LogP contribution is -2.56. The quantitative estimate of drug-likeness (QED) is 0.404. The van der Waals surface area contributed by atoms with Crippen LogP contribution < -0.4 is 0 Å². The fourth-order valence-electron chi connectivity index (χ4n) is 4.98. The van der Waals surface area contributed by atoms with Crippen LogP contribution in [-0.4, -0.2) is 52.1 Å². The largest absolute Gasteiger partial charge is 0.342 e. The first-order valence-corrected chi connectivity index (χ1v) is 12.7. The molecule has 0 bridgehead atoms. The summed E-state index contributed by atoms with van der Waals surface area (Å²) in [4.78, 5) is 33.2. The van der Waals surface area contributed by atoms with Gasteiger partial charge in [-0.3, -0.25) is 24.9 Å². The van der Waals surface area contributed by atoms with Crippen LogP contribution in [0.25, 0.3) is 22.0 Å². The summed E-state index contributed by atoms with van der Waals surface area (Å²) in [5, 5.41) is 9.79. The smallest absolute Gasteiger partial charge is 0.231 e. The van der Waals surface area contributed by atoms with Crippen molar-refractivity contribution in [3.63, 3.8) is 0 Å². The molecule has 3 aromatic rings. The number of nitrogens with zero attached hydrogens (tertiary/aromatic N) is 3. The Balaban J connectivity index is 1.21. The Kier molecular flexibility index (Phi) is 5.58. The number of aryl methyl sites for hydroxylation is 1. The molecule has 1 saturated heterocycles. The molecule has 0 atom stereocenters. The minimum atomic E-state index is -0.525. The van der Waals surface area contributed by atoms with Crippen LogP contribution in [0, 0.1) is 35.9 Å². The predicted molar refractivity (Wildman–Crippen MR) is 136 cm³/mol. The van der Waals surface area contributed by atoms with Crippen LogP contribution in [0.3, 0.4) is 0 Å². The second kappa shape index (κ2) is 8.80. The maximum atomic E-state index is 15.4. The van der Waals surface area contributed by atoms with E-state index in [-0.39, 0.29) is 41.0 Å². The van der Waals surface area contributed by atoms with Crippen LogP contribution in [0.4, 0.5) is 4.39 Å². The van der Waals surface area contributed by atoms with Crippen molar-refractivity contribution in [2.45, 2.75) is 32.6 Å². The van der Waals surface area contributed by atoms with Crippen molar-refractivity contribution in [3.8, 4) is 11.1 Å². The number of amidine groups is 1. The summed E-state index contributed by atoms with van der Waals surface area (Å²) in [5.74, 6) is -0.296. The number of fused-ring (bicyclic) bond motifs is 1. The molecule has 7 heteroatoms. The van der Waals surface area contributed by atoms with Gasteiger partial charge in [-0.25, -0.2) is 4.39 Å². The minimum absolute atomic E-state index is 0.0782. The number of hydrogen-bond acceptors (Lipinski definition) is 4. The van der Waals surface area contributed by atoms with Gasteiger partial charge in [0.05, 0.1) is 11.1 Å². The first-order valence-electron chi connectivity index (χ1n) is 12.7. The van der Waals surface area contributed by atoms with Gasteiger partial charge < -0.3 is 4.90 Å². The number of likely N-dealkylation sites (tertiary alicyclic amines) is 1. The van der Waals surface area contributed by atoms with Gasteiger partial charge >= 0.3 is 0 Å². The number of nitrogens with one attached hydrogen (secondary N) is 1. The molecule has 3 aliphatic rings. The number of amides is 2. The lowest BCUT2D eigenvalue weighted by molar-refractivity contribution is -0.139. The fraction of sp³-hybridized carbons (Fsp3) is 0.379. The van der Waals surface area contributed by atoms with Gasteiger partial charge in [0.15, 0.2) is 0 Å². The highest BCUT2D eigenvalue weighted by Crippen LogP contribution is 2.35. The molecule has 0 unspecified atom stereocenters. The van der Waals surface area contributed by atoms with Gasteiger partial charge in [0.1, 0.15) is 11.7 Å². The zero-order chi connectivity index (χ0) is 25.0. The van der Waals surface area contributed by atoms with Crippen LogP contribution in [0.2, 0.25) is 0 Å². The summed E-state index contributed by atoms with van der Waals surface area (Å²) in [6.45, 7) is 3.49. The number of pyridine rings is 1. The third kappa shape index (κ3) is 4.38. The zero-order valence-electron chi connectivity index (χ0n) is 20.3. The van der Waals surface area contributed by atoms with E-state index >= 15 is 4.39 Å². The van der Waals surface area contributed by atoms with E-state index in [9.17, 15) is 9.59 Å². The molecule has 1 aromatic heterocycles. The second-order valence-electron chi connectivity index (χ2n) is 10.5. The average Bonchev–Trinajstić information content (AvgIpc) is 3.75. The van der Waals surface area contributed by atoms with Crippen molar-refractivity contribution in [2.24, 2.45) is 17.8 Å². The number of hydrogen-bond donors (Lipinski definition) is 1. The molecule has 0 spiro atoms. The third-order valence-electron chi connectivity index (χ3n) is 7.49. The average molecular weight is 485 g/mol. The molecule has 2 aromatic carbocycles. The van der Waals surface area contributed by atoms with Gasteiger partial charge in [-0.05, 0) is 68.0 Å². The highest BCUT2D eigenvalue weighted by atomic mass is 19.1. The van der Waals surface area contributed by atoms with E-state index < -0.39 is 5.82 Å². The molecule has 2 aliphatic carbocycles. The molecule has 36 heavy (non-hydrogen) atoms. The van der Waals surface area contributed by atoms with E-state index in [0.717, 1.165) is 47.8 Å². The second-order valence-corrected chi connectivity index (χ2v) is 10.5. The number of benzene rings is 2. The van der Waals surface area contributed by atoms with E-state index in [2.05, 4.69) is 4.98 Å². The van der Waals surface area contributed by atoms with Crippen molar-refractivity contribution in [3.05, 3.63) is 65.6 Å². The fourth-order valence-corrected chi connectivity index (χ4v) is 4.98. The number of halogens is 1. The lowest BCUT2D eigenvalue weighted by Gasteiger charge is -2.42. The summed E-state index contributed by atoms with van der Waals surface area (Å²) < 4.78 is 15.4. The summed E-state index contributed by atoms with van der Waals surface area (Å²) in [6, 6.07) is 14.6. The highest BCUT2D eigenvalue weighted by Gasteiger charge is 2.42. The Morgan fingerprint density at radius 1 is 1.00 bits per heavy atom. The van der Waals surface area contributed by atoms with Crippen LogP contribution in [0.15, 0.2) is 48.5 Å². The normalized spacial score (nSPS) is 17.7. The molecule has 2 saturated carbocycles. The number of carbonyl (C=O) groups is 2. The maximum absolute atomic E-state index is 15.4. The molecule has 6 nitrogen and oxygen atoms in total. The minimum Gasteiger partial charge on any atom is -0.342 e. The number of rotatable bonds is 6. The molecule has 2 heterocycles. The first-order chi connectivity index (χ1) is 17.4. The van der Waals surface area contributed by atoms with Crippen LogP contribution in [0.5, 0.6) is 0 Å². The molecular formula is C29H29FN4O2. The molecular weight excluding hydrogens is 455 g/mol.